The van der Waals surface area contributed by atoms with Crippen molar-refractivity contribution in [3.05, 3.63) is 156 Å². The Hall–Kier alpha value is -5.95. The van der Waals surface area contributed by atoms with Crippen molar-refractivity contribution in [2.24, 2.45) is 0 Å². The number of aromatic nitrogens is 1. The lowest BCUT2D eigenvalue weighted by Crippen LogP contribution is -2.30. The first-order chi connectivity index (χ1) is 22.3. The summed E-state index contributed by atoms with van der Waals surface area (Å²) in [5.41, 5.74) is 3.76. The number of amides is 2. The average molecular weight is 609 g/mol. The largest absolute Gasteiger partial charge is 0.418 e. The standard InChI is InChI=1S/C39H23F3N2O2/c40-39(41,42)31-18-9-16-28-27-15-7-8-19-32(27)43(36(28)31)34-20-10-17-29-35(34)38(46)44(37(29)45)33-22-21-26(24-11-3-1-4-12-24)23-30(33)25-13-5-2-6-14-25/h1-23H. The molecule has 7 aromatic rings. The maximum absolute atomic E-state index is 14.5. The zero-order valence-electron chi connectivity index (χ0n) is 24.1. The van der Waals surface area contributed by atoms with E-state index in [-0.39, 0.29) is 22.3 Å². The number of rotatable bonds is 4. The van der Waals surface area contributed by atoms with E-state index < -0.39 is 23.6 Å². The summed E-state index contributed by atoms with van der Waals surface area (Å²) in [6, 6.07) is 40.7. The number of hydrogen-bond donors (Lipinski definition) is 0. The van der Waals surface area contributed by atoms with Gasteiger partial charge in [-0.1, -0.05) is 103 Å². The van der Waals surface area contributed by atoms with E-state index in [0.717, 1.165) is 27.7 Å². The normalized spacial score (nSPS) is 13.2. The van der Waals surface area contributed by atoms with Crippen LogP contribution in [-0.2, 0) is 6.18 Å². The number of alkyl halides is 3. The molecule has 8 rings (SSSR count). The van der Waals surface area contributed by atoms with Crippen LogP contribution in [0.4, 0.5) is 18.9 Å². The molecule has 6 aromatic carbocycles. The van der Waals surface area contributed by atoms with Crippen LogP contribution in [0.1, 0.15) is 26.3 Å². The minimum Gasteiger partial charge on any atom is -0.308 e. The van der Waals surface area contributed by atoms with E-state index in [4.69, 9.17) is 0 Å². The topological polar surface area (TPSA) is 42.3 Å². The summed E-state index contributed by atoms with van der Waals surface area (Å²) in [5, 5.41) is 1.01. The Kier molecular flexibility index (Phi) is 6.18. The van der Waals surface area contributed by atoms with Gasteiger partial charge in [-0.3, -0.25) is 9.59 Å². The Bertz CT molecular complexity index is 2340. The summed E-state index contributed by atoms with van der Waals surface area (Å²) in [6.07, 6.45) is -4.65. The minimum atomic E-state index is -4.65. The fourth-order valence-corrected chi connectivity index (χ4v) is 6.56. The molecule has 0 saturated carbocycles. The van der Waals surface area contributed by atoms with Crippen molar-refractivity contribution < 1.29 is 22.8 Å². The predicted octanol–water partition coefficient (Wildman–Crippen LogP) is 9.94. The maximum Gasteiger partial charge on any atom is 0.418 e. The van der Waals surface area contributed by atoms with Gasteiger partial charge in [-0.15, -0.1) is 0 Å². The highest BCUT2D eigenvalue weighted by Gasteiger charge is 2.41. The number of carbonyl (C=O) groups is 2. The molecule has 0 unspecified atom stereocenters. The summed E-state index contributed by atoms with van der Waals surface area (Å²) in [5.74, 6) is -1.14. The second-order valence-corrected chi connectivity index (χ2v) is 11.2. The summed E-state index contributed by atoms with van der Waals surface area (Å²) in [4.78, 5) is 29.8. The Labute approximate surface area is 261 Å². The Balaban J connectivity index is 1.36. The van der Waals surface area contributed by atoms with Crippen LogP contribution in [0, 0.1) is 0 Å². The van der Waals surface area contributed by atoms with Gasteiger partial charge in [0.25, 0.3) is 11.8 Å². The van der Waals surface area contributed by atoms with Gasteiger partial charge in [-0.25, -0.2) is 4.90 Å². The Morgan fingerprint density at radius 3 is 1.89 bits per heavy atom. The quantitative estimate of drug-likeness (QED) is 0.187. The molecule has 0 saturated heterocycles. The first-order valence-electron chi connectivity index (χ1n) is 14.7. The third-order valence-electron chi connectivity index (χ3n) is 8.56. The summed E-state index contributed by atoms with van der Waals surface area (Å²) in [7, 11) is 0. The van der Waals surface area contributed by atoms with Crippen LogP contribution in [-0.4, -0.2) is 16.4 Å². The molecule has 0 atom stereocenters. The van der Waals surface area contributed by atoms with Crippen LogP contribution in [0.2, 0.25) is 0 Å². The van der Waals surface area contributed by atoms with Gasteiger partial charge in [0, 0.05) is 16.3 Å². The van der Waals surface area contributed by atoms with E-state index >= 15 is 0 Å². The van der Waals surface area contributed by atoms with Gasteiger partial charge in [-0.05, 0) is 53.1 Å². The van der Waals surface area contributed by atoms with Crippen molar-refractivity contribution in [2.45, 2.75) is 6.18 Å². The Morgan fingerprint density at radius 1 is 0.500 bits per heavy atom. The zero-order chi connectivity index (χ0) is 31.6. The van der Waals surface area contributed by atoms with Gasteiger partial charge in [0.15, 0.2) is 0 Å². The number of hydrogen-bond acceptors (Lipinski definition) is 2. The van der Waals surface area contributed by atoms with Crippen molar-refractivity contribution >= 4 is 39.3 Å². The van der Waals surface area contributed by atoms with Crippen LogP contribution in [0.25, 0.3) is 49.7 Å². The van der Waals surface area contributed by atoms with Gasteiger partial charge in [0.2, 0.25) is 0 Å². The molecule has 0 fully saturated rings. The molecule has 1 aromatic heterocycles. The summed E-state index contributed by atoms with van der Waals surface area (Å²) >= 11 is 0. The lowest BCUT2D eigenvalue weighted by atomic mass is 9.97. The van der Waals surface area contributed by atoms with Gasteiger partial charge >= 0.3 is 6.18 Å². The molecule has 7 heteroatoms. The number of para-hydroxylation sites is 2. The molecule has 4 nitrogen and oxygen atoms in total. The molecule has 0 aliphatic carbocycles. The first kappa shape index (κ1) is 27.6. The zero-order valence-corrected chi connectivity index (χ0v) is 24.1. The average Bonchev–Trinajstić information content (AvgIpc) is 3.55. The fourth-order valence-electron chi connectivity index (χ4n) is 6.56. The number of fused-ring (bicyclic) bond motifs is 4. The highest BCUT2D eigenvalue weighted by molar-refractivity contribution is 6.36. The molecule has 0 N–H and O–H groups in total. The predicted molar refractivity (Wildman–Crippen MR) is 174 cm³/mol. The van der Waals surface area contributed by atoms with Crippen LogP contribution in [0.15, 0.2) is 140 Å². The molecular weight excluding hydrogens is 585 g/mol. The van der Waals surface area contributed by atoms with Crippen molar-refractivity contribution in [1.29, 1.82) is 0 Å². The van der Waals surface area contributed by atoms with Gasteiger partial charge in [-0.2, -0.15) is 13.2 Å². The van der Waals surface area contributed by atoms with Crippen LogP contribution in [0.5, 0.6) is 0 Å². The maximum atomic E-state index is 14.5. The molecule has 2 heterocycles. The highest BCUT2D eigenvalue weighted by Crippen LogP contribution is 2.44. The highest BCUT2D eigenvalue weighted by atomic mass is 19.4. The molecule has 1 aliphatic rings. The third-order valence-corrected chi connectivity index (χ3v) is 8.56. The number of imide groups is 1. The Morgan fingerprint density at radius 2 is 1.15 bits per heavy atom. The van der Waals surface area contributed by atoms with Crippen LogP contribution < -0.4 is 4.90 Å². The van der Waals surface area contributed by atoms with Gasteiger partial charge in [0.05, 0.1) is 39.1 Å². The minimum absolute atomic E-state index is 0.0540. The molecule has 222 valence electrons. The van der Waals surface area contributed by atoms with E-state index in [1.807, 2.05) is 72.8 Å². The number of nitrogens with zero attached hydrogens (tertiary/aromatic N) is 2. The van der Waals surface area contributed by atoms with E-state index in [1.54, 1.807) is 54.6 Å². The third kappa shape index (κ3) is 4.16. The van der Waals surface area contributed by atoms with E-state index in [9.17, 15) is 22.8 Å². The molecule has 2 amide bonds. The van der Waals surface area contributed by atoms with Crippen LogP contribution >= 0.6 is 0 Å². The number of carbonyl (C=O) groups excluding carboxylic acids is 2. The van der Waals surface area contributed by atoms with E-state index in [2.05, 4.69) is 0 Å². The molecule has 1 aliphatic heterocycles. The van der Waals surface area contributed by atoms with Gasteiger partial charge in [0.1, 0.15) is 0 Å². The second kappa shape index (κ2) is 10.3. The first-order valence-corrected chi connectivity index (χ1v) is 14.7. The molecule has 0 bridgehead atoms. The number of benzene rings is 6. The smallest absolute Gasteiger partial charge is 0.308 e. The van der Waals surface area contributed by atoms with Crippen molar-refractivity contribution in [1.82, 2.24) is 4.57 Å². The fraction of sp³-hybridized carbons (Fsp3) is 0.0256. The number of anilines is 1. The van der Waals surface area contributed by atoms with E-state index in [0.29, 0.717) is 27.5 Å². The second-order valence-electron chi connectivity index (χ2n) is 11.2. The summed E-state index contributed by atoms with van der Waals surface area (Å²) in [6.45, 7) is 0. The molecular formula is C39H23F3N2O2. The molecule has 0 radical (unpaired) electrons. The van der Waals surface area contributed by atoms with Crippen molar-refractivity contribution in [3.63, 3.8) is 0 Å². The lowest BCUT2D eigenvalue weighted by molar-refractivity contribution is -0.136. The summed E-state index contributed by atoms with van der Waals surface area (Å²) < 4.78 is 44.8. The molecule has 46 heavy (non-hydrogen) atoms. The van der Waals surface area contributed by atoms with Crippen molar-refractivity contribution in [2.75, 3.05) is 4.90 Å². The molecule has 0 spiro atoms. The SMILES string of the molecule is O=C1c2cccc(-n3c4ccccc4c4cccc(C(F)(F)F)c43)c2C(=O)N1c1ccc(-c2ccccc2)cc1-c1ccccc1. The van der Waals surface area contributed by atoms with Crippen LogP contribution in [0.3, 0.4) is 0 Å². The van der Waals surface area contributed by atoms with Crippen molar-refractivity contribution in [3.8, 4) is 27.9 Å². The lowest BCUT2D eigenvalue weighted by Gasteiger charge is -2.20. The monoisotopic (exact) mass is 608 g/mol. The number of halogens is 3. The van der Waals surface area contributed by atoms with E-state index in [1.165, 1.54) is 10.6 Å². The van der Waals surface area contributed by atoms with Gasteiger partial charge < -0.3 is 4.57 Å².